The molecule has 1 aliphatic heterocycles. The van der Waals surface area contributed by atoms with Gasteiger partial charge >= 0.3 is 0 Å². The summed E-state index contributed by atoms with van der Waals surface area (Å²) in [5, 5.41) is 1.23. The highest BCUT2D eigenvalue weighted by Crippen LogP contribution is 2.33. The van der Waals surface area contributed by atoms with Crippen molar-refractivity contribution in [2.45, 2.75) is 31.5 Å². The first-order valence-electron chi connectivity index (χ1n) is 8.45. The summed E-state index contributed by atoms with van der Waals surface area (Å²) >= 11 is 2.83. The quantitative estimate of drug-likeness (QED) is 0.512. The lowest BCUT2D eigenvalue weighted by Crippen LogP contribution is -2.37. The van der Waals surface area contributed by atoms with Gasteiger partial charge in [0, 0.05) is 23.7 Å². The van der Waals surface area contributed by atoms with Gasteiger partial charge in [0.25, 0.3) is 5.56 Å². The summed E-state index contributed by atoms with van der Waals surface area (Å²) in [5.74, 6) is 0.304. The number of para-hydroxylation sites is 1. The largest absolute Gasteiger partial charge is 0.308 e. The molecule has 2 aromatic heterocycles. The van der Waals surface area contributed by atoms with Crippen LogP contribution >= 0.6 is 23.1 Å². The van der Waals surface area contributed by atoms with Crippen LogP contribution in [0.3, 0.4) is 0 Å². The average molecular weight is 386 g/mol. The minimum Gasteiger partial charge on any atom is -0.308 e. The first kappa shape index (κ1) is 17.3. The molecule has 0 spiro atoms. The van der Waals surface area contributed by atoms with E-state index in [1.54, 1.807) is 7.05 Å². The van der Waals surface area contributed by atoms with Gasteiger partial charge in [-0.15, -0.1) is 11.3 Å². The zero-order valence-corrected chi connectivity index (χ0v) is 16.5. The van der Waals surface area contributed by atoms with Crippen LogP contribution in [-0.4, -0.2) is 27.3 Å². The molecule has 0 saturated heterocycles. The predicted molar refractivity (Wildman–Crippen MR) is 107 cm³/mol. The second-order valence-electron chi connectivity index (χ2n) is 6.57. The van der Waals surface area contributed by atoms with Crippen molar-refractivity contribution < 1.29 is 4.79 Å². The van der Waals surface area contributed by atoms with Crippen molar-refractivity contribution in [1.29, 1.82) is 0 Å². The second-order valence-corrected chi connectivity index (χ2v) is 8.75. The van der Waals surface area contributed by atoms with E-state index < -0.39 is 0 Å². The molecule has 0 aliphatic carbocycles. The molecule has 0 radical (unpaired) electrons. The van der Waals surface area contributed by atoms with E-state index in [9.17, 15) is 9.59 Å². The number of amides is 1. The first-order chi connectivity index (χ1) is 12.5. The van der Waals surface area contributed by atoms with Crippen molar-refractivity contribution in [3.8, 4) is 0 Å². The van der Waals surface area contributed by atoms with E-state index >= 15 is 0 Å². The minimum atomic E-state index is -0.0609. The molecule has 1 aliphatic rings. The summed E-state index contributed by atoms with van der Waals surface area (Å²) in [7, 11) is 1.71. The molecule has 26 heavy (non-hydrogen) atoms. The number of hydrogen-bond donors (Lipinski definition) is 0. The van der Waals surface area contributed by atoms with E-state index in [4.69, 9.17) is 0 Å². The molecule has 1 unspecified atom stereocenters. The number of benzene rings is 1. The van der Waals surface area contributed by atoms with Crippen molar-refractivity contribution in [2.24, 2.45) is 7.05 Å². The van der Waals surface area contributed by atoms with Crippen molar-refractivity contribution in [2.75, 3.05) is 10.7 Å². The molecule has 7 heteroatoms. The topological polar surface area (TPSA) is 55.2 Å². The Morgan fingerprint density at radius 2 is 2.15 bits per heavy atom. The van der Waals surface area contributed by atoms with Crippen LogP contribution in [0.1, 0.15) is 17.4 Å². The lowest BCUT2D eigenvalue weighted by molar-refractivity contribution is -0.116. The number of nitrogens with zero attached hydrogens (tertiary/aromatic N) is 3. The number of anilines is 1. The van der Waals surface area contributed by atoms with E-state index in [1.165, 1.54) is 33.2 Å². The number of fused-ring (bicyclic) bond motifs is 2. The van der Waals surface area contributed by atoms with E-state index in [0.717, 1.165) is 21.8 Å². The molecule has 134 valence electrons. The van der Waals surface area contributed by atoms with Gasteiger partial charge in [0.05, 0.1) is 11.1 Å². The van der Waals surface area contributed by atoms with Crippen molar-refractivity contribution in [1.82, 2.24) is 9.55 Å². The maximum absolute atomic E-state index is 12.8. The molecule has 5 nitrogen and oxygen atoms in total. The molecule has 4 rings (SSSR count). The Hall–Kier alpha value is -2.12. The third-order valence-electron chi connectivity index (χ3n) is 4.66. The van der Waals surface area contributed by atoms with Gasteiger partial charge in [0.1, 0.15) is 4.83 Å². The normalized spacial score (nSPS) is 16.3. The molecule has 1 aromatic carbocycles. The van der Waals surface area contributed by atoms with E-state index in [2.05, 4.69) is 18.0 Å². The molecule has 1 atom stereocenters. The number of thiophene rings is 1. The number of aromatic nitrogens is 2. The Bertz CT molecular complexity index is 1070. The van der Waals surface area contributed by atoms with Crippen LogP contribution in [0, 0.1) is 6.92 Å². The van der Waals surface area contributed by atoms with Crippen LogP contribution in [0.25, 0.3) is 10.2 Å². The Balaban J connectivity index is 1.58. The van der Waals surface area contributed by atoms with Gasteiger partial charge in [-0.05, 0) is 38.0 Å². The highest BCUT2D eigenvalue weighted by Gasteiger charge is 2.30. The smallest absolute Gasteiger partial charge is 0.262 e. The van der Waals surface area contributed by atoms with Gasteiger partial charge in [-0.1, -0.05) is 30.0 Å². The molecular formula is C19H19N3O2S2. The van der Waals surface area contributed by atoms with Crippen LogP contribution in [0.4, 0.5) is 5.69 Å². The fourth-order valence-corrected chi connectivity index (χ4v) is 5.19. The van der Waals surface area contributed by atoms with Gasteiger partial charge in [0.2, 0.25) is 5.91 Å². The third kappa shape index (κ3) is 2.85. The van der Waals surface area contributed by atoms with Crippen molar-refractivity contribution in [3.63, 3.8) is 0 Å². The first-order valence-corrected chi connectivity index (χ1v) is 10.3. The standard InChI is InChI=1S/C19H19N3O2S2/c1-11-8-13-6-4-5-7-15(13)22(11)16(23)10-25-19-20-17-14(9-12(2)26-17)18(24)21(19)3/h4-7,9,11H,8,10H2,1-3H3. The summed E-state index contributed by atoms with van der Waals surface area (Å²) in [4.78, 5) is 33.6. The maximum Gasteiger partial charge on any atom is 0.262 e. The number of carbonyl (C=O) groups excluding carboxylic acids is 1. The van der Waals surface area contributed by atoms with Gasteiger partial charge in [-0.2, -0.15) is 0 Å². The van der Waals surface area contributed by atoms with E-state index in [-0.39, 0.29) is 23.3 Å². The van der Waals surface area contributed by atoms with Crippen molar-refractivity contribution >= 4 is 44.9 Å². The van der Waals surface area contributed by atoms with Gasteiger partial charge in [-0.25, -0.2) is 4.98 Å². The predicted octanol–water partition coefficient (Wildman–Crippen LogP) is 3.37. The molecule has 1 amide bonds. The number of aryl methyl sites for hydroxylation is 1. The zero-order chi connectivity index (χ0) is 18.4. The van der Waals surface area contributed by atoms with Crippen LogP contribution in [0.15, 0.2) is 40.3 Å². The molecular weight excluding hydrogens is 366 g/mol. The summed E-state index contributed by atoms with van der Waals surface area (Å²) in [5.41, 5.74) is 2.14. The Kier molecular flexibility index (Phi) is 4.36. The highest BCUT2D eigenvalue weighted by molar-refractivity contribution is 7.99. The Labute approximate surface area is 159 Å². The molecule has 0 fully saturated rings. The summed E-state index contributed by atoms with van der Waals surface area (Å²) in [6.45, 7) is 4.03. The fourth-order valence-electron chi connectivity index (χ4n) is 3.44. The number of rotatable bonds is 3. The van der Waals surface area contributed by atoms with Gasteiger partial charge < -0.3 is 4.90 Å². The zero-order valence-electron chi connectivity index (χ0n) is 14.9. The summed E-state index contributed by atoms with van der Waals surface area (Å²) in [6.07, 6.45) is 0.879. The summed E-state index contributed by atoms with van der Waals surface area (Å²) in [6, 6.07) is 10.1. The van der Waals surface area contributed by atoms with Gasteiger partial charge in [-0.3, -0.25) is 14.2 Å². The molecule has 3 heterocycles. The SMILES string of the molecule is Cc1cc2c(=O)n(C)c(SCC(=O)N3c4ccccc4CC3C)nc2s1. The number of thioether (sulfide) groups is 1. The lowest BCUT2D eigenvalue weighted by Gasteiger charge is -2.22. The second kappa shape index (κ2) is 6.55. The van der Waals surface area contributed by atoms with Crippen LogP contribution in [0.5, 0.6) is 0 Å². The fraction of sp³-hybridized carbons (Fsp3) is 0.316. The minimum absolute atomic E-state index is 0.0455. The molecule has 0 N–H and O–H groups in total. The number of carbonyl (C=O) groups is 1. The third-order valence-corrected chi connectivity index (χ3v) is 6.61. The number of hydrogen-bond acceptors (Lipinski definition) is 5. The van der Waals surface area contributed by atoms with E-state index in [1.807, 2.05) is 36.1 Å². The average Bonchev–Trinajstić information content (AvgIpc) is 3.15. The molecule has 0 bridgehead atoms. The van der Waals surface area contributed by atoms with Crippen LogP contribution in [0.2, 0.25) is 0 Å². The van der Waals surface area contributed by atoms with Crippen LogP contribution < -0.4 is 10.5 Å². The summed E-state index contributed by atoms with van der Waals surface area (Å²) < 4.78 is 1.54. The van der Waals surface area contributed by atoms with Crippen molar-refractivity contribution in [3.05, 3.63) is 51.1 Å². The molecule has 0 saturated carbocycles. The highest BCUT2D eigenvalue weighted by atomic mass is 32.2. The van der Waals surface area contributed by atoms with Crippen LogP contribution in [-0.2, 0) is 18.3 Å². The van der Waals surface area contributed by atoms with E-state index in [0.29, 0.717) is 10.5 Å². The Morgan fingerprint density at radius 3 is 2.96 bits per heavy atom. The lowest BCUT2D eigenvalue weighted by atomic mass is 10.1. The van der Waals surface area contributed by atoms with Gasteiger partial charge in [0.15, 0.2) is 5.16 Å². The Morgan fingerprint density at radius 1 is 1.38 bits per heavy atom. The molecule has 3 aromatic rings. The maximum atomic E-state index is 12.8. The monoisotopic (exact) mass is 385 g/mol.